The zero-order chi connectivity index (χ0) is 26.6. The van der Waals surface area contributed by atoms with Crippen LogP contribution in [0, 0.1) is 0 Å². The number of furan rings is 1. The van der Waals surface area contributed by atoms with Gasteiger partial charge in [-0.05, 0) is 78.9 Å². The van der Waals surface area contributed by atoms with Gasteiger partial charge in [-0.1, -0.05) is 23.7 Å². The van der Waals surface area contributed by atoms with Crippen LogP contribution in [-0.4, -0.2) is 59.0 Å². The van der Waals surface area contributed by atoms with Gasteiger partial charge in [-0.2, -0.15) is 0 Å². The number of carbonyl (C=O) groups excluding carboxylic acids is 1. The molecule has 1 N–H and O–H groups in total. The SMILES string of the molecule is O=C(NC1CCN(Cc2ccncc2)C1)c1cc2cc(OC3CCN(Cc4ccc(Cl)cc4)CC3)ccc2o1. The molecule has 0 spiro atoms. The van der Waals surface area contributed by atoms with Crippen LogP contribution in [0.4, 0.5) is 0 Å². The second kappa shape index (κ2) is 11.8. The summed E-state index contributed by atoms with van der Waals surface area (Å²) in [4.78, 5) is 21.8. The van der Waals surface area contributed by atoms with Gasteiger partial charge in [0.25, 0.3) is 5.91 Å². The number of piperidine rings is 1. The maximum absolute atomic E-state index is 12.9. The highest BCUT2D eigenvalue weighted by molar-refractivity contribution is 6.30. The third kappa shape index (κ3) is 6.61. The standard InChI is InChI=1S/C31H33ClN4O3/c32-25-3-1-22(2-4-25)19-35-15-10-27(11-16-35)38-28-5-6-29-24(17-28)18-30(39-29)31(37)34-26-9-14-36(21-26)20-23-7-12-33-13-8-23/h1-8,12-13,17-18,26-27H,9-11,14-16,19-21H2,(H,34,37). The lowest BCUT2D eigenvalue weighted by molar-refractivity contribution is 0.0911. The lowest BCUT2D eigenvalue weighted by Gasteiger charge is -2.32. The summed E-state index contributed by atoms with van der Waals surface area (Å²) in [5.41, 5.74) is 3.20. The van der Waals surface area contributed by atoms with E-state index in [-0.39, 0.29) is 18.1 Å². The minimum absolute atomic E-state index is 0.108. The second-order valence-electron chi connectivity index (χ2n) is 10.6. The Morgan fingerprint density at radius 2 is 1.64 bits per heavy atom. The van der Waals surface area contributed by atoms with Crippen LogP contribution in [0.1, 0.15) is 40.9 Å². The molecule has 7 nitrogen and oxygen atoms in total. The highest BCUT2D eigenvalue weighted by atomic mass is 35.5. The molecule has 2 fully saturated rings. The normalized spacial score (nSPS) is 18.9. The fraction of sp³-hybridized carbons (Fsp3) is 0.355. The number of likely N-dealkylation sites (tertiary alicyclic amines) is 2. The topological polar surface area (TPSA) is 70.8 Å². The number of halogens is 1. The van der Waals surface area contributed by atoms with Crippen molar-refractivity contribution in [3.05, 3.63) is 95.0 Å². The van der Waals surface area contributed by atoms with Gasteiger partial charge in [0.05, 0.1) is 0 Å². The Hall–Kier alpha value is -3.39. The van der Waals surface area contributed by atoms with E-state index in [0.29, 0.717) is 11.3 Å². The van der Waals surface area contributed by atoms with E-state index in [1.54, 1.807) is 0 Å². The summed E-state index contributed by atoms with van der Waals surface area (Å²) in [5.74, 6) is 0.983. The number of amides is 1. The van der Waals surface area contributed by atoms with E-state index in [9.17, 15) is 4.79 Å². The van der Waals surface area contributed by atoms with Crippen LogP contribution in [0.5, 0.6) is 5.75 Å². The van der Waals surface area contributed by atoms with Crippen LogP contribution in [0.2, 0.25) is 5.02 Å². The molecule has 2 aromatic heterocycles. The molecule has 4 aromatic rings. The Morgan fingerprint density at radius 3 is 2.44 bits per heavy atom. The Bertz CT molecular complexity index is 1400. The first kappa shape index (κ1) is 25.9. The fourth-order valence-electron chi connectivity index (χ4n) is 5.53. The van der Waals surface area contributed by atoms with Gasteiger partial charge < -0.3 is 14.5 Å². The molecule has 4 heterocycles. The van der Waals surface area contributed by atoms with Crippen LogP contribution in [-0.2, 0) is 13.1 Å². The van der Waals surface area contributed by atoms with E-state index >= 15 is 0 Å². The molecule has 1 amide bonds. The van der Waals surface area contributed by atoms with Crippen molar-refractivity contribution in [1.82, 2.24) is 20.1 Å². The van der Waals surface area contributed by atoms with E-state index in [1.165, 1.54) is 11.1 Å². The van der Waals surface area contributed by atoms with Crippen molar-refractivity contribution in [2.75, 3.05) is 26.2 Å². The van der Waals surface area contributed by atoms with E-state index in [4.69, 9.17) is 20.8 Å². The smallest absolute Gasteiger partial charge is 0.287 e. The molecule has 2 aliphatic heterocycles. The zero-order valence-corrected chi connectivity index (χ0v) is 22.6. The number of carbonyl (C=O) groups is 1. The van der Waals surface area contributed by atoms with Gasteiger partial charge in [-0.3, -0.25) is 19.6 Å². The number of hydrogen-bond donors (Lipinski definition) is 1. The van der Waals surface area contributed by atoms with Crippen LogP contribution >= 0.6 is 11.6 Å². The third-order valence-electron chi connectivity index (χ3n) is 7.63. The first-order chi connectivity index (χ1) is 19.1. The monoisotopic (exact) mass is 544 g/mol. The molecule has 2 aliphatic rings. The number of nitrogens with zero attached hydrogens (tertiary/aromatic N) is 3. The van der Waals surface area contributed by atoms with Gasteiger partial charge >= 0.3 is 0 Å². The zero-order valence-electron chi connectivity index (χ0n) is 21.9. The summed E-state index contributed by atoms with van der Waals surface area (Å²) in [6.07, 6.45) is 6.68. The highest BCUT2D eigenvalue weighted by Gasteiger charge is 2.26. The fourth-order valence-corrected chi connectivity index (χ4v) is 5.66. The predicted molar refractivity (Wildman–Crippen MR) is 152 cm³/mol. The first-order valence-electron chi connectivity index (χ1n) is 13.7. The molecule has 0 radical (unpaired) electrons. The Morgan fingerprint density at radius 1 is 0.923 bits per heavy atom. The van der Waals surface area contributed by atoms with E-state index in [2.05, 4.69) is 32.2 Å². The molecule has 39 heavy (non-hydrogen) atoms. The lowest BCUT2D eigenvalue weighted by atomic mass is 10.1. The maximum Gasteiger partial charge on any atom is 0.287 e. The van der Waals surface area contributed by atoms with E-state index in [1.807, 2.05) is 60.9 Å². The second-order valence-corrected chi connectivity index (χ2v) is 11.0. The third-order valence-corrected chi connectivity index (χ3v) is 7.88. The summed E-state index contributed by atoms with van der Waals surface area (Å²) in [5, 5.41) is 4.80. The van der Waals surface area contributed by atoms with Crippen molar-refractivity contribution in [1.29, 1.82) is 0 Å². The van der Waals surface area contributed by atoms with E-state index in [0.717, 1.165) is 74.7 Å². The number of aromatic nitrogens is 1. The van der Waals surface area contributed by atoms with Gasteiger partial charge in [-0.15, -0.1) is 0 Å². The molecule has 1 atom stereocenters. The molecule has 8 heteroatoms. The van der Waals surface area contributed by atoms with Crippen molar-refractivity contribution in [3.8, 4) is 5.75 Å². The van der Waals surface area contributed by atoms with Crippen LogP contribution in [0.15, 0.2) is 77.5 Å². The van der Waals surface area contributed by atoms with Gasteiger partial charge in [0.15, 0.2) is 5.76 Å². The van der Waals surface area contributed by atoms with Crippen LogP contribution in [0.25, 0.3) is 11.0 Å². The average Bonchev–Trinajstić information content (AvgIpc) is 3.58. The van der Waals surface area contributed by atoms with Gasteiger partial charge in [-0.25, -0.2) is 0 Å². The average molecular weight is 545 g/mol. The predicted octanol–water partition coefficient (Wildman–Crippen LogP) is 5.53. The number of pyridine rings is 1. The van der Waals surface area contributed by atoms with Crippen LogP contribution < -0.4 is 10.1 Å². The summed E-state index contributed by atoms with van der Waals surface area (Å²) < 4.78 is 12.2. The molecule has 1 unspecified atom stereocenters. The number of ether oxygens (including phenoxy) is 1. The van der Waals surface area contributed by atoms with Crippen molar-refractivity contribution < 1.29 is 13.9 Å². The van der Waals surface area contributed by atoms with Crippen molar-refractivity contribution in [2.45, 2.75) is 44.5 Å². The Balaban J connectivity index is 0.997. The maximum atomic E-state index is 12.9. The minimum Gasteiger partial charge on any atom is -0.490 e. The van der Waals surface area contributed by atoms with Crippen LogP contribution in [0.3, 0.4) is 0 Å². The summed E-state index contributed by atoms with van der Waals surface area (Å²) in [6.45, 7) is 5.56. The number of nitrogens with one attached hydrogen (secondary N) is 1. The molecule has 2 saturated heterocycles. The van der Waals surface area contributed by atoms with Gasteiger partial charge in [0, 0.05) is 68.1 Å². The number of fused-ring (bicyclic) bond motifs is 1. The Kier molecular flexibility index (Phi) is 7.81. The summed E-state index contributed by atoms with van der Waals surface area (Å²) >= 11 is 6.01. The molecule has 6 rings (SSSR count). The highest BCUT2D eigenvalue weighted by Crippen LogP contribution is 2.27. The van der Waals surface area contributed by atoms with Gasteiger partial charge in [0.1, 0.15) is 17.4 Å². The molecule has 2 aromatic carbocycles. The number of hydrogen-bond acceptors (Lipinski definition) is 6. The minimum atomic E-state index is -0.169. The molecule has 0 bridgehead atoms. The molecule has 0 aliphatic carbocycles. The molecular formula is C31H33ClN4O3. The van der Waals surface area contributed by atoms with E-state index < -0.39 is 0 Å². The summed E-state index contributed by atoms with van der Waals surface area (Å²) in [7, 11) is 0. The molecule has 202 valence electrons. The molecular weight excluding hydrogens is 512 g/mol. The van der Waals surface area contributed by atoms with Crippen molar-refractivity contribution in [2.24, 2.45) is 0 Å². The number of rotatable bonds is 8. The Labute approximate surface area is 233 Å². The van der Waals surface area contributed by atoms with Gasteiger partial charge in [0.2, 0.25) is 0 Å². The van der Waals surface area contributed by atoms with Crippen molar-refractivity contribution >= 4 is 28.5 Å². The van der Waals surface area contributed by atoms with Crippen molar-refractivity contribution in [3.63, 3.8) is 0 Å². The summed E-state index contributed by atoms with van der Waals surface area (Å²) in [6, 6.07) is 19.9. The molecule has 0 saturated carbocycles. The lowest BCUT2D eigenvalue weighted by Crippen LogP contribution is -2.37. The quantitative estimate of drug-likeness (QED) is 0.314. The first-order valence-corrected chi connectivity index (χ1v) is 14.0. The largest absolute Gasteiger partial charge is 0.490 e. The number of benzene rings is 2.